The van der Waals surface area contributed by atoms with Gasteiger partial charge in [-0.3, -0.25) is 9.59 Å². The van der Waals surface area contributed by atoms with Gasteiger partial charge in [-0.05, 0) is 48.4 Å². The Morgan fingerprint density at radius 1 is 1.00 bits per heavy atom. The molecule has 5 nitrogen and oxygen atoms in total. The third-order valence-corrected chi connectivity index (χ3v) is 6.15. The van der Waals surface area contributed by atoms with Gasteiger partial charge in [-0.25, -0.2) is 0 Å². The van der Waals surface area contributed by atoms with E-state index in [0.717, 1.165) is 16.0 Å². The first-order chi connectivity index (χ1) is 14.1. The summed E-state index contributed by atoms with van der Waals surface area (Å²) < 4.78 is 5.29. The Morgan fingerprint density at radius 3 is 2.38 bits per heavy atom. The van der Waals surface area contributed by atoms with E-state index >= 15 is 0 Å². The van der Waals surface area contributed by atoms with E-state index in [4.69, 9.17) is 4.74 Å². The van der Waals surface area contributed by atoms with E-state index in [-0.39, 0.29) is 11.8 Å². The molecule has 3 aromatic rings. The van der Waals surface area contributed by atoms with Crippen LogP contribution in [0.4, 0.5) is 5.69 Å². The van der Waals surface area contributed by atoms with E-state index < -0.39 is 0 Å². The van der Waals surface area contributed by atoms with E-state index in [1.54, 1.807) is 29.2 Å². The maximum Gasteiger partial charge on any atom is 0.265 e. The zero-order valence-corrected chi connectivity index (χ0v) is 17.0. The maximum absolute atomic E-state index is 12.7. The van der Waals surface area contributed by atoms with Crippen LogP contribution >= 0.6 is 11.3 Å². The second-order valence-corrected chi connectivity index (χ2v) is 7.98. The average Bonchev–Trinajstić information content (AvgIpc) is 3.17. The summed E-state index contributed by atoms with van der Waals surface area (Å²) in [4.78, 5) is 28.8. The standard InChI is InChI=1S/C23H22N2O3S/c1-16-15-20(29-21(16)17-5-3-2-4-6-17)22(26)24-19-9-7-18(8-10-19)23(27)25-11-13-28-14-12-25/h2-10,15H,11-14H2,1H3,(H,24,26). The highest BCUT2D eigenvalue weighted by Crippen LogP contribution is 2.32. The minimum Gasteiger partial charge on any atom is -0.378 e. The van der Waals surface area contributed by atoms with Gasteiger partial charge < -0.3 is 15.0 Å². The van der Waals surface area contributed by atoms with Gasteiger partial charge in [0.15, 0.2) is 0 Å². The van der Waals surface area contributed by atoms with Gasteiger partial charge in [0.05, 0.1) is 18.1 Å². The highest BCUT2D eigenvalue weighted by atomic mass is 32.1. The molecule has 0 radical (unpaired) electrons. The fraction of sp³-hybridized carbons (Fsp3) is 0.217. The van der Waals surface area contributed by atoms with Crippen molar-refractivity contribution in [1.82, 2.24) is 4.90 Å². The van der Waals surface area contributed by atoms with Crippen molar-refractivity contribution in [3.8, 4) is 10.4 Å². The van der Waals surface area contributed by atoms with E-state index in [1.165, 1.54) is 11.3 Å². The zero-order valence-electron chi connectivity index (χ0n) is 16.2. The summed E-state index contributed by atoms with van der Waals surface area (Å²) in [6.45, 7) is 4.38. The van der Waals surface area contributed by atoms with E-state index in [0.29, 0.717) is 42.4 Å². The maximum atomic E-state index is 12.7. The molecule has 6 heteroatoms. The van der Waals surface area contributed by atoms with Gasteiger partial charge >= 0.3 is 0 Å². The minimum atomic E-state index is -0.146. The Hall–Kier alpha value is -2.96. The number of amides is 2. The smallest absolute Gasteiger partial charge is 0.265 e. The number of hydrogen-bond donors (Lipinski definition) is 1. The van der Waals surface area contributed by atoms with Crippen molar-refractivity contribution in [3.05, 3.63) is 76.7 Å². The molecule has 2 amide bonds. The fourth-order valence-electron chi connectivity index (χ4n) is 3.31. The zero-order chi connectivity index (χ0) is 20.2. The number of rotatable bonds is 4. The summed E-state index contributed by atoms with van der Waals surface area (Å²) in [6, 6.07) is 19.0. The number of carbonyl (C=O) groups is 2. The lowest BCUT2D eigenvalue weighted by molar-refractivity contribution is 0.0303. The molecule has 148 valence electrons. The number of aryl methyl sites for hydroxylation is 1. The Labute approximate surface area is 173 Å². The van der Waals surface area contributed by atoms with Gasteiger partial charge in [0.2, 0.25) is 0 Å². The largest absolute Gasteiger partial charge is 0.378 e. The predicted octanol–water partition coefficient (Wildman–Crippen LogP) is 4.45. The molecule has 0 spiro atoms. The number of nitrogens with one attached hydrogen (secondary N) is 1. The number of benzene rings is 2. The number of morpholine rings is 1. The fourth-order valence-corrected chi connectivity index (χ4v) is 4.38. The van der Waals surface area contributed by atoms with Crippen molar-refractivity contribution in [1.29, 1.82) is 0 Å². The lowest BCUT2D eigenvalue weighted by atomic mass is 10.1. The van der Waals surface area contributed by atoms with Gasteiger partial charge in [-0.15, -0.1) is 11.3 Å². The van der Waals surface area contributed by atoms with Crippen LogP contribution in [0.1, 0.15) is 25.6 Å². The monoisotopic (exact) mass is 406 g/mol. The van der Waals surface area contributed by atoms with E-state index in [9.17, 15) is 9.59 Å². The molecule has 1 N–H and O–H groups in total. The Kier molecular flexibility index (Phi) is 5.74. The first-order valence-electron chi connectivity index (χ1n) is 9.56. The van der Waals surface area contributed by atoms with Crippen LogP contribution in [0.3, 0.4) is 0 Å². The van der Waals surface area contributed by atoms with Crippen molar-refractivity contribution >= 4 is 28.8 Å². The van der Waals surface area contributed by atoms with Crippen molar-refractivity contribution < 1.29 is 14.3 Å². The average molecular weight is 407 g/mol. The normalized spacial score (nSPS) is 13.9. The number of hydrogen-bond acceptors (Lipinski definition) is 4. The highest BCUT2D eigenvalue weighted by molar-refractivity contribution is 7.17. The number of carbonyl (C=O) groups excluding carboxylic acids is 2. The van der Waals surface area contributed by atoms with Crippen LogP contribution < -0.4 is 5.32 Å². The molecule has 4 rings (SSSR count). The highest BCUT2D eigenvalue weighted by Gasteiger charge is 2.19. The van der Waals surface area contributed by atoms with Crippen LogP contribution in [0.15, 0.2) is 60.7 Å². The van der Waals surface area contributed by atoms with Crippen LogP contribution in [-0.2, 0) is 4.74 Å². The second-order valence-electron chi connectivity index (χ2n) is 6.92. The molecule has 0 saturated carbocycles. The number of anilines is 1. The van der Waals surface area contributed by atoms with Gasteiger partial charge in [0, 0.05) is 29.2 Å². The van der Waals surface area contributed by atoms with Crippen molar-refractivity contribution in [2.75, 3.05) is 31.6 Å². The lowest BCUT2D eigenvalue weighted by Crippen LogP contribution is -2.40. The molecule has 0 aliphatic carbocycles. The quantitative estimate of drug-likeness (QED) is 0.696. The molecule has 2 heterocycles. The first kappa shape index (κ1) is 19.4. The molecule has 1 saturated heterocycles. The summed E-state index contributed by atoms with van der Waals surface area (Å²) in [6.07, 6.45) is 0. The second kappa shape index (κ2) is 8.59. The van der Waals surface area contributed by atoms with Crippen LogP contribution in [0.5, 0.6) is 0 Å². The third kappa shape index (κ3) is 4.39. The van der Waals surface area contributed by atoms with Gasteiger partial charge in [-0.1, -0.05) is 30.3 Å². The predicted molar refractivity (Wildman–Crippen MR) is 116 cm³/mol. The minimum absolute atomic E-state index is 0.00689. The summed E-state index contributed by atoms with van der Waals surface area (Å²) in [7, 11) is 0. The van der Waals surface area contributed by atoms with Crippen LogP contribution in [0.25, 0.3) is 10.4 Å². The molecule has 1 aliphatic heterocycles. The van der Waals surface area contributed by atoms with Crippen molar-refractivity contribution in [2.24, 2.45) is 0 Å². The molecular formula is C23H22N2O3S. The molecule has 0 unspecified atom stereocenters. The third-order valence-electron chi connectivity index (χ3n) is 4.87. The Morgan fingerprint density at radius 2 is 1.69 bits per heavy atom. The molecule has 1 aromatic heterocycles. The van der Waals surface area contributed by atoms with Gasteiger partial charge in [0.25, 0.3) is 11.8 Å². The summed E-state index contributed by atoms with van der Waals surface area (Å²) in [5, 5.41) is 2.92. The molecular weight excluding hydrogens is 384 g/mol. The van der Waals surface area contributed by atoms with Crippen molar-refractivity contribution in [3.63, 3.8) is 0 Å². The lowest BCUT2D eigenvalue weighted by Gasteiger charge is -2.26. The molecule has 1 fully saturated rings. The summed E-state index contributed by atoms with van der Waals surface area (Å²) in [5.41, 5.74) is 3.47. The number of nitrogens with zero attached hydrogens (tertiary/aromatic N) is 1. The molecule has 1 aliphatic rings. The number of ether oxygens (including phenoxy) is 1. The summed E-state index contributed by atoms with van der Waals surface area (Å²) in [5.74, 6) is -0.153. The molecule has 0 bridgehead atoms. The Balaban J connectivity index is 1.44. The van der Waals surface area contributed by atoms with Crippen molar-refractivity contribution in [2.45, 2.75) is 6.92 Å². The van der Waals surface area contributed by atoms with Crippen LogP contribution in [0.2, 0.25) is 0 Å². The molecule has 29 heavy (non-hydrogen) atoms. The van der Waals surface area contributed by atoms with Gasteiger partial charge in [0.1, 0.15) is 0 Å². The van der Waals surface area contributed by atoms with Crippen LogP contribution in [0, 0.1) is 6.92 Å². The SMILES string of the molecule is Cc1cc(C(=O)Nc2ccc(C(=O)N3CCOCC3)cc2)sc1-c1ccccc1. The van der Waals surface area contributed by atoms with E-state index in [1.807, 2.05) is 43.3 Å². The molecule has 0 atom stereocenters. The number of thiophene rings is 1. The first-order valence-corrected chi connectivity index (χ1v) is 10.4. The summed E-state index contributed by atoms with van der Waals surface area (Å²) >= 11 is 1.48. The topological polar surface area (TPSA) is 58.6 Å². The van der Waals surface area contributed by atoms with Crippen LogP contribution in [-0.4, -0.2) is 43.0 Å². The Bertz CT molecular complexity index is 1010. The van der Waals surface area contributed by atoms with E-state index in [2.05, 4.69) is 5.32 Å². The molecule has 2 aromatic carbocycles. The van der Waals surface area contributed by atoms with Gasteiger partial charge in [-0.2, -0.15) is 0 Å².